The van der Waals surface area contributed by atoms with Crippen LogP contribution in [0.1, 0.15) is 37.7 Å². The van der Waals surface area contributed by atoms with Gasteiger partial charge in [0.15, 0.2) is 5.78 Å². The minimum absolute atomic E-state index is 0.106. The molecule has 1 saturated carbocycles. The molecular weight excluding hydrogens is 318 g/mol. The number of imide groups is 1. The number of amides is 2. The second-order valence-electron chi connectivity index (χ2n) is 7.07. The fourth-order valence-electron chi connectivity index (χ4n) is 4.27. The van der Waals surface area contributed by atoms with Gasteiger partial charge in [0.25, 0.3) is 5.91 Å². The van der Waals surface area contributed by atoms with Gasteiger partial charge in [-0.1, -0.05) is 42.3 Å². The Hall–Kier alpha value is -2.43. The van der Waals surface area contributed by atoms with Crippen molar-refractivity contribution in [3.05, 3.63) is 47.0 Å². The molecule has 130 valence electrons. The van der Waals surface area contributed by atoms with Crippen LogP contribution < -0.4 is 0 Å². The Balaban J connectivity index is 1.61. The zero-order valence-corrected chi connectivity index (χ0v) is 14.1. The van der Waals surface area contributed by atoms with E-state index >= 15 is 0 Å². The fraction of sp³-hybridized carbons (Fsp3) is 0.450. The second-order valence-corrected chi connectivity index (χ2v) is 7.07. The average molecular weight is 339 g/mol. The molecule has 1 aliphatic heterocycles. The maximum atomic E-state index is 13.1. The first-order valence-corrected chi connectivity index (χ1v) is 8.95. The smallest absolute Gasteiger partial charge is 0.417 e. The molecule has 5 nitrogen and oxygen atoms in total. The van der Waals surface area contributed by atoms with Crippen LogP contribution in [0.3, 0.4) is 0 Å². The van der Waals surface area contributed by atoms with E-state index in [9.17, 15) is 14.4 Å². The monoisotopic (exact) mass is 339 g/mol. The van der Waals surface area contributed by atoms with Crippen LogP contribution in [0.15, 0.2) is 41.5 Å². The molecule has 2 aliphatic carbocycles. The molecule has 2 fully saturated rings. The minimum Gasteiger partial charge on any atom is -0.447 e. The number of hydrogen-bond acceptors (Lipinski definition) is 4. The number of carbonyl (C=O) groups is 3. The first-order valence-electron chi connectivity index (χ1n) is 8.95. The Labute approximate surface area is 146 Å². The Kier molecular flexibility index (Phi) is 4.15. The van der Waals surface area contributed by atoms with E-state index in [0.29, 0.717) is 12.8 Å². The van der Waals surface area contributed by atoms with Crippen molar-refractivity contribution in [3.63, 3.8) is 0 Å². The number of ether oxygens (including phenoxy) is 1. The molecule has 4 rings (SSSR count). The lowest BCUT2D eigenvalue weighted by Gasteiger charge is -2.23. The molecule has 3 aliphatic rings. The van der Waals surface area contributed by atoms with Gasteiger partial charge in [-0.3, -0.25) is 9.59 Å². The van der Waals surface area contributed by atoms with Crippen molar-refractivity contribution >= 4 is 17.8 Å². The fourth-order valence-corrected chi connectivity index (χ4v) is 4.27. The highest BCUT2D eigenvalue weighted by molar-refractivity contribution is 6.24. The molecule has 2 atom stereocenters. The lowest BCUT2D eigenvalue weighted by Crippen LogP contribution is -2.42. The predicted octanol–water partition coefficient (Wildman–Crippen LogP) is 3.04. The third kappa shape index (κ3) is 2.88. The molecule has 1 unspecified atom stereocenters. The highest BCUT2D eigenvalue weighted by atomic mass is 16.6. The molecule has 2 amide bonds. The van der Waals surface area contributed by atoms with Crippen LogP contribution in [-0.2, 0) is 20.7 Å². The second kappa shape index (κ2) is 6.47. The van der Waals surface area contributed by atoms with E-state index in [1.165, 1.54) is 4.90 Å². The number of fused-ring (bicyclic) bond motifs is 1. The topological polar surface area (TPSA) is 63.7 Å². The molecule has 0 radical (unpaired) electrons. The molecule has 25 heavy (non-hydrogen) atoms. The molecule has 1 aromatic carbocycles. The summed E-state index contributed by atoms with van der Waals surface area (Å²) in [6.45, 7) is 0.180. The summed E-state index contributed by atoms with van der Waals surface area (Å²) in [5, 5.41) is 0. The van der Waals surface area contributed by atoms with Crippen molar-refractivity contribution < 1.29 is 19.1 Å². The third-order valence-electron chi connectivity index (χ3n) is 5.48. The number of carbonyl (C=O) groups excluding carboxylic acids is 3. The Morgan fingerprint density at radius 1 is 1.16 bits per heavy atom. The van der Waals surface area contributed by atoms with Gasteiger partial charge in [-0.2, -0.15) is 0 Å². The van der Waals surface area contributed by atoms with Gasteiger partial charge in [0, 0.05) is 6.42 Å². The average Bonchev–Trinajstić information content (AvgIpc) is 3.14. The summed E-state index contributed by atoms with van der Waals surface area (Å²) in [6, 6.07) is 9.35. The van der Waals surface area contributed by atoms with Crippen molar-refractivity contribution in [2.75, 3.05) is 6.61 Å². The van der Waals surface area contributed by atoms with E-state index in [1.807, 2.05) is 30.3 Å². The summed E-state index contributed by atoms with van der Waals surface area (Å²) < 4.78 is 5.13. The van der Waals surface area contributed by atoms with Gasteiger partial charge in [-0.05, 0) is 37.2 Å². The molecule has 1 heterocycles. The lowest BCUT2D eigenvalue weighted by molar-refractivity contribution is -0.127. The van der Waals surface area contributed by atoms with Gasteiger partial charge in [-0.25, -0.2) is 9.69 Å². The maximum absolute atomic E-state index is 13.1. The van der Waals surface area contributed by atoms with Crippen LogP contribution >= 0.6 is 0 Å². The lowest BCUT2D eigenvalue weighted by atomic mass is 9.85. The van der Waals surface area contributed by atoms with Crippen molar-refractivity contribution in [1.29, 1.82) is 0 Å². The van der Waals surface area contributed by atoms with Gasteiger partial charge in [-0.15, -0.1) is 0 Å². The summed E-state index contributed by atoms with van der Waals surface area (Å²) in [5.41, 5.74) is 2.27. The molecule has 1 saturated heterocycles. The van der Waals surface area contributed by atoms with Crippen LogP contribution in [-0.4, -0.2) is 35.3 Å². The van der Waals surface area contributed by atoms with Crippen molar-refractivity contribution in [1.82, 2.24) is 4.90 Å². The van der Waals surface area contributed by atoms with Crippen molar-refractivity contribution in [2.24, 2.45) is 5.92 Å². The van der Waals surface area contributed by atoms with Crippen molar-refractivity contribution in [3.8, 4) is 0 Å². The number of Topliss-reactive ketones (excluding diaryl/α,β-unsaturated/α-hetero) is 1. The SMILES string of the molecule is O=C1CC2CCCCC2=C1C(=O)N1C(=O)OC[C@@H]1Cc1ccccc1. The Bertz CT molecular complexity index is 752. The molecule has 0 aromatic heterocycles. The first kappa shape index (κ1) is 16.1. The van der Waals surface area contributed by atoms with E-state index in [0.717, 1.165) is 36.8 Å². The van der Waals surface area contributed by atoms with Gasteiger partial charge < -0.3 is 4.74 Å². The normalized spacial score (nSPS) is 26.0. The van der Waals surface area contributed by atoms with E-state index < -0.39 is 12.0 Å². The van der Waals surface area contributed by atoms with Gasteiger partial charge in [0.1, 0.15) is 6.61 Å². The van der Waals surface area contributed by atoms with Crippen LogP contribution in [0, 0.1) is 5.92 Å². The summed E-state index contributed by atoms with van der Waals surface area (Å²) in [5.74, 6) is -0.357. The zero-order chi connectivity index (χ0) is 17.4. The zero-order valence-electron chi connectivity index (χ0n) is 14.1. The number of rotatable bonds is 3. The van der Waals surface area contributed by atoms with E-state index in [2.05, 4.69) is 0 Å². The van der Waals surface area contributed by atoms with E-state index in [-0.39, 0.29) is 29.9 Å². The Morgan fingerprint density at radius 2 is 1.96 bits per heavy atom. The summed E-state index contributed by atoms with van der Waals surface area (Å²) in [4.78, 5) is 38.9. The minimum atomic E-state index is -0.633. The summed E-state index contributed by atoms with van der Waals surface area (Å²) in [6.07, 6.45) is 4.20. The van der Waals surface area contributed by atoms with Crippen LogP contribution in [0.25, 0.3) is 0 Å². The van der Waals surface area contributed by atoms with E-state index in [1.54, 1.807) is 0 Å². The first-order chi connectivity index (χ1) is 12.1. The van der Waals surface area contributed by atoms with Gasteiger partial charge >= 0.3 is 6.09 Å². The quantitative estimate of drug-likeness (QED) is 0.794. The summed E-state index contributed by atoms with van der Waals surface area (Å²) in [7, 11) is 0. The largest absolute Gasteiger partial charge is 0.447 e. The molecule has 0 spiro atoms. The molecular formula is C20H21NO4. The standard InChI is InChI=1S/C20H21NO4/c22-17-11-14-8-4-5-9-16(14)18(17)19(23)21-15(12-25-20(21)24)10-13-6-2-1-3-7-13/h1-3,6-7,14-15H,4-5,8-12H2/t14?,15-/m0/s1. The van der Waals surface area contributed by atoms with Crippen LogP contribution in [0.2, 0.25) is 0 Å². The number of allylic oxidation sites excluding steroid dienone is 1. The predicted molar refractivity (Wildman–Crippen MR) is 90.7 cm³/mol. The number of nitrogens with zero attached hydrogens (tertiary/aromatic N) is 1. The van der Waals surface area contributed by atoms with Crippen LogP contribution in [0.4, 0.5) is 4.79 Å². The molecule has 0 bridgehead atoms. The third-order valence-corrected chi connectivity index (χ3v) is 5.48. The molecule has 1 aromatic rings. The van der Waals surface area contributed by atoms with Crippen LogP contribution in [0.5, 0.6) is 0 Å². The van der Waals surface area contributed by atoms with E-state index in [4.69, 9.17) is 4.74 Å². The summed E-state index contributed by atoms with van der Waals surface area (Å²) >= 11 is 0. The Morgan fingerprint density at radius 3 is 2.76 bits per heavy atom. The number of cyclic esters (lactones) is 1. The van der Waals surface area contributed by atoms with Crippen molar-refractivity contribution in [2.45, 2.75) is 44.6 Å². The highest BCUT2D eigenvalue weighted by Gasteiger charge is 2.44. The number of ketones is 1. The molecule has 5 heteroatoms. The number of hydrogen-bond donors (Lipinski definition) is 0. The van der Waals surface area contributed by atoms with Gasteiger partial charge in [0.05, 0.1) is 11.6 Å². The maximum Gasteiger partial charge on any atom is 0.417 e. The highest BCUT2D eigenvalue weighted by Crippen LogP contribution is 2.41. The number of benzene rings is 1. The molecule has 0 N–H and O–H groups in total. The van der Waals surface area contributed by atoms with Gasteiger partial charge in [0.2, 0.25) is 0 Å².